The summed E-state index contributed by atoms with van der Waals surface area (Å²) in [5.74, 6) is -1.52. The monoisotopic (exact) mass is 256 g/mol. The summed E-state index contributed by atoms with van der Waals surface area (Å²) >= 11 is 0. The Morgan fingerprint density at radius 2 is 1.76 bits per heavy atom. The number of nitrogens with two attached hydrogens (primary N) is 1. The van der Waals surface area contributed by atoms with Gasteiger partial charge in [0, 0.05) is 25.7 Å². The molecule has 17 heavy (non-hydrogen) atoms. The average Bonchev–Trinajstić information content (AvgIpc) is 2.25. The van der Waals surface area contributed by atoms with Crippen molar-refractivity contribution in [2.75, 3.05) is 26.2 Å². The first-order valence-electron chi connectivity index (χ1n) is 6.02. The molecule has 0 aromatic heterocycles. The number of hydrogen-bond acceptors (Lipinski definition) is 3. The van der Waals surface area contributed by atoms with Crippen LogP contribution in [-0.2, 0) is 0 Å². The topological polar surface area (TPSA) is 49.5 Å². The molecule has 0 rings (SSSR count). The normalized spacial score (nSPS) is 14.6. The Balaban J connectivity index is 4.60. The van der Waals surface area contributed by atoms with E-state index in [0.29, 0.717) is 0 Å². The van der Waals surface area contributed by atoms with E-state index >= 15 is 0 Å². The Labute approximate surface area is 101 Å². The number of hydrogen-bond donors (Lipinski definition) is 2. The van der Waals surface area contributed by atoms with Crippen LogP contribution in [0.2, 0.25) is 0 Å². The highest BCUT2D eigenvalue weighted by Gasteiger charge is 2.40. The summed E-state index contributed by atoms with van der Waals surface area (Å²) in [7, 11) is 0. The number of rotatable bonds is 8. The number of aliphatic hydroxyl groups excluding tert-OH is 1. The molecule has 0 aliphatic carbocycles. The summed E-state index contributed by atoms with van der Waals surface area (Å²) in [4.78, 5) is 1.69. The third-order valence-electron chi connectivity index (χ3n) is 3.05. The Hall–Kier alpha value is -0.330. The highest BCUT2D eigenvalue weighted by molar-refractivity contribution is 4.77. The molecule has 3 nitrogen and oxygen atoms in total. The molecule has 0 bridgehead atoms. The van der Waals surface area contributed by atoms with Crippen molar-refractivity contribution in [3.8, 4) is 0 Å². The zero-order valence-corrected chi connectivity index (χ0v) is 10.5. The molecule has 3 N–H and O–H groups in total. The van der Waals surface area contributed by atoms with Crippen molar-refractivity contribution in [1.29, 1.82) is 0 Å². The lowest BCUT2D eigenvalue weighted by atomic mass is 10.1. The van der Waals surface area contributed by atoms with Crippen LogP contribution in [0.1, 0.15) is 26.7 Å². The Morgan fingerprint density at radius 1 is 1.24 bits per heavy atom. The van der Waals surface area contributed by atoms with Gasteiger partial charge in [0.05, 0.1) is 12.5 Å². The van der Waals surface area contributed by atoms with Gasteiger partial charge in [-0.25, -0.2) is 0 Å². The third kappa shape index (κ3) is 5.70. The molecular weight excluding hydrogens is 233 g/mol. The van der Waals surface area contributed by atoms with Crippen LogP contribution < -0.4 is 5.73 Å². The molecule has 0 aromatic carbocycles. The van der Waals surface area contributed by atoms with Crippen LogP contribution >= 0.6 is 0 Å². The molecule has 0 aromatic rings. The summed E-state index contributed by atoms with van der Waals surface area (Å²) in [6, 6.07) is 0.0681. The summed E-state index contributed by atoms with van der Waals surface area (Å²) in [5.41, 5.74) is 5.18. The summed E-state index contributed by atoms with van der Waals surface area (Å²) in [6.07, 6.45) is -2.73. The van der Waals surface area contributed by atoms with Crippen LogP contribution in [0.15, 0.2) is 0 Å². The molecule has 0 fully saturated rings. The van der Waals surface area contributed by atoms with E-state index in [1.807, 2.05) is 13.8 Å². The van der Waals surface area contributed by atoms with Crippen LogP contribution in [0, 0.1) is 5.92 Å². The average molecular weight is 256 g/mol. The second-order valence-electron chi connectivity index (χ2n) is 4.16. The minimum absolute atomic E-state index is 0.0681. The zero-order valence-electron chi connectivity index (χ0n) is 10.5. The summed E-state index contributed by atoms with van der Waals surface area (Å²) in [6.45, 7) is 3.45. The van der Waals surface area contributed by atoms with E-state index in [4.69, 9.17) is 10.8 Å². The smallest absolute Gasteiger partial charge is 0.394 e. The van der Waals surface area contributed by atoms with E-state index in [9.17, 15) is 13.2 Å². The lowest BCUT2D eigenvalue weighted by Gasteiger charge is -2.33. The van der Waals surface area contributed by atoms with Crippen molar-refractivity contribution in [2.45, 2.75) is 38.9 Å². The molecule has 0 aliphatic rings. The van der Waals surface area contributed by atoms with E-state index in [2.05, 4.69) is 0 Å². The first kappa shape index (κ1) is 16.7. The fraction of sp³-hybridized carbons (Fsp3) is 1.00. The molecule has 0 amide bonds. The number of halogens is 3. The molecule has 0 saturated heterocycles. The van der Waals surface area contributed by atoms with Crippen molar-refractivity contribution in [1.82, 2.24) is 4.90 Å². The molecule has 0 aliphatic heterocycles. The molecule has 1 unspecified atom stereocenters. The van der Waals surface area contributed by atoms with Gasteiger partial charge < -0.3 is 10.8 Å². The van der Waals surface area contributed by atoms with Gasteiger partial charge in [0.15, 0.2) is 0 Å². The molecule has 0 spiro atoms. The van der Waals surface area contributed by atoms with Gasteiger partial charge >= 0.3 is 6.18 Å². The maximum atomic E-state index is 12.6. The highest BCUT2D eigenvalue weighted by atomic mass is 19.4. The van der Waals surface area contributed by atoms with E-state index in [1.165, 1.54) is 0 Å². The van der Waals surface area contributed by atoms with Gasteiger partial charge in [0.25, 0.3) is 0 Å². The summed E-state index contributed by atoms with van der Waals surface area (Å²) < 4.78 is 37.9. The minimum Gasteiger partial charge on any atom is -0.395 e. The van der Waals surface area contributed by atoms with Crippen LogP contribution in [0.3, 0.4) is 0 Å². The molecule has 0 radical (unpaired) electrons. The van der Waals surface area contributed by atoms with E-state index < -0.39 is 18.6 Å². The molecular formula is C11H23F3N2O. The second kappa shape index (κ2) is 7.89. The van der Waals surface area contributed by atoms with Crippen LogP contribution in [0.25, 0.3) is 0 Å². The lowest BCUT2D eigenvalue weighted by Crippen LogP contribution is -2.46. The maximum absolute atomic E-state index is 12.6. The van der Waals surface area contributed by atoms with Crippen LogP contribution in [0.4, 0.5) is 13.2 Å². The van der Waals surface area contributed by atoms with Gasteiger partial charge in [-0.05, 0) is 12.8 Å². The number of nitrogens with zero attached hydrogens (tertiary/aromatic N) is 1. The first-order chi connectivity index (χ1) is 7.90. The van der Waals surface area contributed by atoms with Gasteiger partial charge in [-0.1, -0.05) is 13.8 Å². The lowest BCUT2D eigenvalue weighted by molar-refractivity contribution is -0.178. The molecule has 0 saturated carbocycles. The van der Waals surface area contributed by atoms with Gasteiger partial charge in [-0.2, -0.15) is 13.2 Å². The first-order valence-corrected chi connectivity index (χ1v) is 6.02. The largest absolute Gasteiger partial charge is 0.395 e. The zero-order chi connectivity index (χ0) is 13.5. The predicted molar refractivity (Wildman–Crippen MR) is 61.6 cm³/mol. The van der Waals surface area contributed by atoms with Crippen LogP contribution in [-0.4, -0.2) is 48.5 Å². The van der Waals surface area contributed by atoms with Crippen molar-refractivity contribution in [2.24, 2.45) is 11.7 Å². The predicted octanol–water partition coefficient (Wildman–Crippen LogP) is 1.61. The second-order valence-corrected chi connectivity index (χ2v) is 4.16. The fourth-order valence-corrected chi connectivity index (χ4v) is 1.95. The molecule has 0 heterocycles. The maximum Gasteiger partial charge on any atom is 0.394 e. The fourth-order valence-electron chi connectivity index (χ4n) is 1.95. The molecule has 6 heteroatoms. The van der Waals surface area contributed by atoms with E-state index in [0.717, 1.165) is 12.8 Å². The van der Waals surface area contributed by atoms with Crippen molar-refractivity contribution >= 4 is 0 Å². The van der Waals surface area contributed by atoms with Crippen molar-refractivity contribution in [3.05, 3.63) is 0 Å². The SMILES string of the molecule is CCC(CC)N(CCO)CC(CN)C(F)(F)F. The highest BCUT2D eigenvalue weighted by Crippen LogP contribution is 2.27. The van der Waals surface area contributed by atoms with Gasteiger partial charge in [0.1, 0.15) is 0 Å². The Morgan fingerprint density at radius 3 is 2.06 bits per heavy atom. The quantitative estimate of drug-likeness (QED) is 0.693. The van der Waals surface area contributed by atoms with Crippen LogP contribution in [0.5, 0.6) is 0 Å². The van der Waals surface area contributed by atoms with E-state index in [-0.39, 0.29) is 25.7 Å². The number of alkyl halides is 3. The number of aliphatic hydroxyl groups is 1. The standard InChI is InChI=1S/C11H23F3N2O/c1-3-10(4-2)16(5-6-17)8-9(7-15)11(12,13)14/h9-10,17H,3-8,15H2,1-2H3. The van der Waals surface area contributed by atoms with Gasteiger partial charge in [-0.3, -0.25) is 4.90 Å². The Kier molecular flexibility index (Phi) is 7.74. The molecule has 1 atom stereocenters. The Bertz CT molecular complexity index is 196. The van der Waals surface area contributed by atoms with Crippen molar-refractivity contribution in [3.63, 3.8) is 0 Å². The van der Waals surface area contributed by atoms with Crippen molar-refractivity contribution < 1.29 is 18.3 Å². The van der Waals surface area contributed by atoms with Gasteiger partial charge in [-0.15, -0.1) is 0 Å². The van der Waals surface area contributed by atoms with E-state index in [1.54, 1.807) is 4.90 Å². The summed E-state index contributed by atoms with van der Waals surface area (Å²) in [5, 5.41) is 8.91. The minimum atomic E-state index is -4.27. The molecule has 104 valence electrons. The third-order valence-corrected chi connectivity index (χ3v) is 3.05. The van der Waals surface area contributed by atoms with Gasteiger partial charge in [0.2, 0.25) is 0 Å².